The molecule has 0 unspecified atom stereocenters. The molecule has 0 aromatic heterocycles. The number of benzene rings is 2. The number of carbonyl (C=O) groups is 1. The van der Waals surface area contributed by atoms with Crippen LogP contribution in [0.3, 0.4) is 0 Å². The van der Waals surface area contributed by atoms with Crippen LogP contribution in [0.15, 0.2) is 78.4 Å². The molecule has 29 heavy (non-hydrogen) atoms. The van der Waals surface area contributed by atoms with Crippen molar-refractivity contribution in [3.8, 4) is 0 Å². The van der Waals surface area contributed by atoms with Gasteiger partial charge in [-0.3, -0.25) is 9.69 Å². The molecule has 0 spiro atoms. The van der Waals surface area contributed by atoms with Crippen LogP contribution in [0.5, 0.6) is 0 Å². The van der Waals surface area contributed by atoms with E-state index < -0.39 is 6.04 Å². The van der Waals surface area contributed by atoms with E-state index in [0.717, 1.165) is 24.1 Å². The van der Waals surface area contributed by atoms with Crippen molar-refractivity contribution >= 4 is 5.91 Å². The van der Waals surface area contributed by atoms with Gasteiger partial charge in [-0.25, -0.2) is 4.39 Å². The Morgan fingerprint density at radius 2 is 1.83 bits per heavy atom. The van der Waals surface area contributed by atoms with Gasteiger partial charge in [-0.05, 0) is 42.2 Å². The maximum Gasteiger partial charge on any atom is 0.244 e. The zero-order valence-corrected chi connectivity index (χ0v) is 17.2. The van der Waals surface area contributed by atoms with Crippen LogP contribution in [0, 0.1) is 5.82 Å². The van der Waals surface area contributed by atoms with Gasteiger partial charge in [-0.1, -0.05) is 67.6 Å². The van der Waals surface area contributed by atoms with Crippen LogP contribution in [-0.4, -0.2) is 35.3 Å². The first kappa shape index (κ1) is 21.0. The topological polar surface area (TPSA) is 23.6 Å². The molecule has 2 aromatic carbocycles. The van der Waals surface area contributed by atoms with Gasteiger partial charge in [-0.2, -0.15) is 0 Å². The maximum absolute atomic E-state index is 13.5. The molecule has 3 nitrogen and oxygen atoms in total. The van der Waals surface area contributed by atoms with E-state index in [-0.39, 0.29) is 11.7 Å². The normalized spacial score (nSPS) is 18.6. The molecule has 3 rings (SSSR count). The highest BCUT2D eigenvalue weighted by Gasteiger charge is 2.35. The van der Waals surface area contributed by atoms with Crippen molar-refractivity contribution < 1.29 is 9.18 Å². The van der Waals surface area contributed by atoms with Crippen LogP contribution in [0.25, 0.3) is 0 Å². The number of nitrogens with zero attached hydrogens (tertiary/aromatic N) is 2. The number of hydrogen-bond donors (Lipinski definition) is 0. The van der Waals surface area contributed by atoms with Gasteiger partial charge in [0.2, 0.25) is 5.91 Å². The van der Waals surface area contributed by atoms with Gasteiger partial charge in [0.05, 0.1) is 0 Å². The SMILES string of the molecule is C/C=C\C(=C/CC)CN1CCN(Cc2ccccc2)C(=O)[C@@H]1c1ccc(F)cc1. The van der Waals surface area contributed by atoms with E-state index in [0.29, 0.717) is 19.6 Å². The predicted octanol–water partition coefficient (Wildman–Crippen LogP) is 5.12. The van der Waals surface area contributed by atoms with Crippen molar-refractivity contribution in [2.75, 3.05) is 19.6 Å². The average Bonchev–Trinajstić information content (AvgIpc) is 2.72. The molecule has 1 aliphatic rings. The predicted molar refractivity (Wildman–Crippen MR) is 116 cm³/mol. The summed E-state index contributed by atoms with van der Waals surface area (Å²) in [5, 5.41) is 0. The van der Waals surface area contributed by atoms with E-state index in [4.69, 9.17) is 0 Å². The lowest BCUT2D eigenvalue weighted by Crippen LogP contribution is -2.52. The van der Waals surface area contributed by atoms with E-state index >= 15 is 0 Å². The number of rotatable bonds is 7. The molecular weight excluding hydrogens is 363 g/mol. The number of hydrogen-bond acceptors (Lipinski definition) is 2. The van der Waals surface area contributed by atoms with Crippen LogP contribution >= 0.6 is 0 Å². The summed E-state index contributed by atoms with van der Waals surface area (Å²) in [6.45, 7) is 6.87. The Morgan fingerprint density at radius 3 is 2.48 bits per heavy atom. The van der Waals surface area contributed by atoms with Crippen LogP contribution in [0.2, 0.25) is 0 Å². The summed E-state index contributed by atoms with van der Waals surface area (Å²) in [4.78, 5) is 17.6. The number of halogens is 1. The Hall–Kier alpha value is -2.72. The van der Waals surface area contributed by atoms with Crippen LogP contribution < -0.4 is 0 Å². The number of amides is 1. The lowest BCUT2D eigenvalue weighted by Gasteiger charge is -2.41. The third-order valence-electron chi connectivity index (χ3n) is 5.20. The smallest absolute Gasteiger partial charge is 0.244 e. The molecule has 1 amide bonds. The second kappa shape index (κ2) is 10.2. The Kier molecular flexibility index (Phi) is 7.36. The second-order valence-corrected chi connectivity index (χ2v) is 7.36. The fourth-order valence-electron chi connectivity index (χ4n) is 3.84. The van der Waals surface area contributed by atoms with E-state index in [1.54, 1.807) is 12.1 Å². The fourth-order valence-corrected chi connectivity index (χ4v) is 3.84. The highest BCUT2D eigenvalue weighted by atomic mass is 19.1. The van der Waals surface area contributed by atoms with Crippen molar-refractivity contribution in [3.63, 3.8) is 0 Å². The minimum absolute atomic E-state index is 0.0723. The summed E-state index contributed by atoms with van der Waals surface area (Å²) >= 11 is 0. The summed E-state index contributed by atoms with van der Waals surface area (Å²) in [6.07, 6.45) is 7.28. The minimum atomic E-state index is -0.404. The Labute approximate surface area is 173 Å². The van der Waals surface area contributed by atoms with Gasteiger partial charge in [0.15, 0.2) is 0 Å². The number of allylic oxidation sites excluding steroid dienone is 2. The zero-order chi connectivity index (χ0) is 20.6. The molecule has 152 valence electrons. The third kappa shape index (κ3) is 5.42. The van der Waals surface area contributed by atoms with E-state index in [1.165, 1.54) is 17.7 Å². The van der Waals surface area contributed by atoms with Gasteiger partial charge in [0.1, 0.15) is 11.9 Å². The van der Waals surface area contributed by atoms with Gasteiger partial charge in [0.25, 0.3) is 0 Å². The average molecular weight is 393 g/mol. The fraction of sp³-hybridized carbons (Fsp3) is 0.320. The molecule has 1 saturated heterocycles. The van der Waals surface area contributed by atoms with Crippen molar-refractivity contribution in [1.29, 1.82) is 0 Å². The molecule has 0 bridgehead atoms. The maximum atomic E-state index is 13.5. The summed E-state index contributed by atoms with van der Waals surface area (Å²) < 4.78 is 13.5. The first-order chi connectivity index (χ1) is 14.1. The Morgan fingerprint density at radius 1 is 1.10 bits per heavy atom. The molecule has 2 aromatic rings. The second-order valence-electron chi connectivity index (χ2n) is 7.36. The van der Waals surface area contributed by atoms with Gasteiger partial charge >= 0.3 is 0 Å². The monoisotopic (exact) mass is 392 g/mol. The van der Waals surface area contributed by atoms with Crippen LogP contribution in [0.1, 0.15) is 37.4 Å². The molecule has 1 heterocycles. The minimum Gasteiger partial charge on any atom is -0.335 e. The van der Waals surface area contributed by atoms with E-state index in [2.05, 4.69) is 24.0 Å². The summed E-state index contributed by atoms with van der Waals surface area (Å²) in [5.74, 6) is -0.215. The lowest BCUT2D eigenvalue weighted by molar-refractivity contribution is -0.142. The molecule has 1 aliphatic heterocycles. The third-order valence-corrected chi connectivity index (χ3v) is 5.20. The standard InChI is InChI=1S/C25H29FN2O/c1-3-8-20(9-4-2)18-27-16-17-28(19-21-10-6-5-7-11-21)25(29)24(27)22-12-14-23(26)15-13-22/h3,5-15,24H,4,16-19H2,1-2H3/b8-3-,20-9+/t24-/m0/s1. The van der Waals surface area contributed by atoms with E-state index in [1.807, 2.05) is 48.2 Å². The molecular formula is C25H29FN2O. The van der Waals surface area contributed by atoms with Gasteiger partial charge < -0.3 is 4.90 Å². The van der Waals surface area contributed by atoms with Crippen molar-refractivity contribution in [2.24, 2.45) is 0 Å². The van der Waals surface area contributed by atoms with Crippen molar-refractivity contribution in [1.82, 2.24) is 9.80 Å². The molecule has 0 saturated carbocycles. The molecule has 0 aliphatic carbocycles. The summed E-state index contributed by atoms with van der Waals surface area (Å²) in [5.41, 5.74) is 3.16. The first-order valence-electron chi connectivity index (χ1n) is 10.3. The van der Waals surface area contributed by atoms with Gasteiger partial charge in [-0.15, -0.1) is 0 Å². The molecule has 0 radical (unpaired) electrons. The lowest BCUT2D eigenvalue weighted by atomic mass is 9.99. The first-order valence-corrected chi connectivity index (χ1v) is 10.3. The van der Waals surface area contributed by atoms with Crippen LogP contribution in [-0.2, 0) is 11.3 Å². The van der Waals surface area contributed by atoms with Crippen molar-refractivity contribution in [3.05, 3.63) is 95.3 Å². The zero-order valence-electron chi connectivity index (χ0n) is 17.2. The highest BCUT2D eigenvalue weighted by Crippen LogP contribution is 2.29. The Balaban J connectivity index is 1.87. The Bertz CT molecular complexity index is 858. The van der Waals surface area contributed by atoms with E-state index in [9.17, 15) is 9.18 Å². The quantitative estimate of drug-likeness (QED) is 0.610. The molecule has 1 atom stereocenters. The summed E-state index contributed by atoms with van der Waals surface area (Å²) in [7, 11) is 0. The van der Waals surface area contributed by atoms with Gasteiger partial charge in [0, 0.05) is 26.2 Å². The van der Waals surface area contributed by atoms with Crippen LogP contribution in [0.4, 0.5) is 4.39 Å². The largest absolute Gasteiger partial charge is 0.335 e. The summed E-state index contributed by atoms with van der Waals surface area (Å²) in [6, 6.07) is 16.0. The molecule has 1 fully saturated rings. The number of carbonyl (C=O) groups excluding carboxylic acids is 1. The molecule has 0 N–H and O–H groups in total. The molecule has 4 heteroatoms. The number of piperazine rings is 1. The highest BCUT2D eigenvalue weighted by molar-refractivity contribution is 5.84. The van der Waals surface area contributed by atoms with Crippen molar-refractivity contribution in [2.45, 2.75) is 32.9 Å².